The van der Waals surface area contributed by atoms with Crippen LogP contribution in [0.25, 0.3) is 0 Å². The van der Waals surface area contributed by atoms with Crippen molar-refractivity contribution in [2.24, 2.45) is 0 Å². The normalized spacial score (nSPS) is 50.0. The van der Waals surface area contributed by atoms with E-state index in [-0.39, 0.29) is 0 Å². The highest BCUT2D eigenvalue weighted by Crippen LogP contribution is 2.32. The van der Waals surface area contributed by atoms with Gasteiger partial charge in [-0.15, -0.1) is 0 Å². The van der Waals surface area contributed by atoms with Gasteiger partial charge in [0.05, 0.1) is 19.3 Å². The third-order valence-electron chi connectivity index (χ3n) is 6.45. The highest BCUT2D eigenvalue weighted by Gasteiger charge is 2.54. The molecule has 0 aromatic carbocycles. The molecule has 10 N–H and O–H groups in total. The van der Waals surface area contributed by atoms with Crippen LogP contribution in [-0.4, -0.2) is 157 Å². The summed E-state index contributed by atoms with van der Waals surface area (Å²) in [5, 5.41) is 93.2. The summed E-state index contributed by atoms with van der Waals surface area (Å²) >= 11 is 0. The lowest BCUT2D eigenvalue weighted by molar-refractivity contribution is -0.370. The molecule has 36 heavy (non-hydrogen) atoms. The fourth-order valence-corrected chi connectivity index (χ4v) is 4.40. The summed E-state index contributed by atoms with van der Waals surface area (Å²) in [6, 6.07) is -1.42. The molecule has 0 aliphatic carbocycles. The van der Waals surface area contributed by atoms with Gasteiger partial charge >= 0.3 is 0 Å². The Bertz CT molecular complexity index is 729. The van der Waals surface area contributed by atoms with Crippen molar-refractivity contribution in [2.75, 3.05) is 13.2 Å². The predicted molar refractivity (Wildman–Crippen MR) is 111 cm³/mol. The van der Waals surface area contributed by atoms with Gasteiger partial charge in [0, 0.05) is 6.92 Å². The van der Waals surface area contributed by atoms with Gasteiger partial charge in [0.2, 0.25) is 5.91 Å². The van der Waals surface area contributed by atoms with E-state index in [0.717, 1.165) is 6.92 Å². The van der Waals surface area contributed by atoms with Crippen molar-refractivity contribution >= 4 is 5.91 Å². The van der Waals surface area contributed by atoms with Gasteiger partial charge in [-0.1, -0.05) is 0 Å². The fraction of sp³-hybridized carbons (Fsp3) is 0.950. The molecule has 0 spiro atoms. The first-order valence-electron chi connectivity index (χ1n) is 11.4. The summed E-state index contributed by atoms with van der Waals surface area (Å²) in [6.07, 6.45) is -22.0. The quantitative estimate of drug-likeness (QED) is 0.147. The van der Waals surface area contributed by atoms with Crippen LogP contribution in [0.2, 0.25) is 0 Å². The molecule has 3 saturated heterocycles. The van der Waals surface area contributed by atoms with Crippen molar-refractivity contribution in [1.82, 2.24) is 5.32 Å². The first-order chi connectivity index (χ1) is 16.9. The summed E-state index contributed by atoms with van der Waals surface area (Å²) in [5.41, 5.74) is 0. The molecule has 0 bridgehead atoms. The van der Waals surface area contributed by atoms with Crippen molar-refractivity contribution in [3.8, 4) is 0 Å². The molecule has 3 heterocycles. The van der Waals surface area contributed by atoms with Crippen LogP contribution in [0.1, 0.15) is 13.8 Å². The maximum Gasteiger partial charge on any atom is 0.217 e. The van der Waals surface area contributed by atoms with Crippen LogP contribution in [0.3, 0.4) is 0 Å². The lowest BCUT2D eigenvalue weighted by atomic mass is 9.94. The minimum atomic E-state index is -1.86. The summed E-state index contributed by atoms with van der Waals surface area (Å²) in [7, 11) is 0. The van der Waals surface area contributed by atoms with Crippen LogP contribution in [0.4, 0.5) is 0 Å². The number of ether oxygens (including phenoxy) is 5. The molecule has 16 nitrogen and oxygen atoms in total. The summed E-state index contributed by atoms with van der Waals surface area (Å²) in [4.78, 5) is 11.8. The monoisotopic (exact) mass is 529 g/mol. The summed E-state index contributed by atoms with van der Waals surface area (Å²) in [5.74, 6) is -0.646. The molecular formula is C20H35NO15. The Morgan fingerprint density at radius 3 is 1.81 bits per heavy atom. The maximum absolute atomic E-state index is 11.8. The first-order valence-corrected chi connectivity index (χ1v) is 11.4. The maximum atomic E-state index is 11.8. The number of carbonyl (C=O) groups is 1. The van der Waals surface area contributed by atoms with Gasteiger partial charge in [-0.25, -0.2) is 0 Å². The fourth-order valence-electron chi connectivity index (χ4n) is 4.40. The Morgan fingerprint density at radius 1 is 0.722 bits per heavy atom. The molecule has 3 aliphatic heterocycles. The van der Waals surface area contributed by atoms with E-state index in [9.17, 15) is 50.8 Å². The Hall–Kier alpha value is -1.09. The van der Waals surface area contributed by atoms with E-state index >= 15 is 0 Å². The number of nitrogens with one attached hydrogen (secondary N) is 1. The molecule has 0 saturated carbocycles. The highest BCUT2D eigenvalue weighted by molar-refractivity contribution is 5.73. The molecule has 15 atom stereocenters. The standard InChI is InChI=1S/C20H35NO15/c1-5-10(25)12(27)14(29)19(32-5)35-16-8(4-23)33-18(31)9(21-6(2)24)17(16)36-20-15(30)13(28)11(26)7(3-22)34-20/h5,7-20,22-23,25-31H,3-4H2,1-2H3,(H,21,24). The van der Waals surface area contributed by atoms with Crippen LogP contribution in [0, 0.1) is 0 Å². The second-order valence-corrected chi connectivity index (χ2v) is 9.05. The Morgan fingerprint density at radius 2 is 1.25 bits per heavy atom. The molecule has 3 rings (SSSR count). The summed E-state index contributed by atoms with van der Waals surface area (Å²) in [6.45, 7) is 1.00. The number of aliphatic hydroxyl groups excluding tert-OH is 9. The Kier molecular flexibility index (Phi) is 9.97. The lowest BCUT2D eigenvalue weighted by Crippen LogP contribution is -2.69. The Balaban J connectivity index is 1.92. The van der Waals surface area contributed by atoms with Crippen LogP contribution >= 0.6 is 0 Å². The van der Waals surface area contributed by atoms with Crippen LogP contribution in [-0.2, 0) is 28.5 Å². The topological polar surface area (TPSA) is 257 Å². The Labute approximate surface area is 205 Å². The number of aliphatic hydroxyl groups is 9. The van der Waals surface area contributed by atoms with Gasteiger partial charge < -0.3 is 75.0 Å². The van der Waals surface area contributed by atoms with Crippen molar-refractivity contribution in [3.63, 3.8) is 0 Å². The van der Waals surface area contributed by atoms with Crippen molar-refractivity contribution in [2.45, 2.75) is 106 Å². The molecule has 3 aliphatic rings. The lowest BCUT2D eigenvalue weighted by Gasteiger charge is -2.49. The third-order valence-corrected chi connectivity index (χ3v) is 6.45. The number of amides is 1. The van der Waals surface area contributed by atoms with E-state index in [4.69, 9.17) is 23.7 Å². The van der Waals surface area contributed by atoms with E-state index in [1.807, 2.05) is 0 Å². The molecule has 1 amide bonds. The van der Waals surface area contributed by atoms with Gasteiger partial charge in [0.25, 0.3) is 0 Å². The van der Waals surface area contributed by atoms with E-state index in [1.165, 1.54) is 6.92 Å². The van der Waals surface area contributed by atoms with Crippen molar-refractivity contribution < 1.29 is 74.4 Å². The average molecular weight is 529 g/mol. The van der Waals surface area contributed by atoms with E-state index in [1.54, 1.807) is 0 Å². The molecule has 0 radical (unpaired) electrons. The zero-order chi connectivity index (χ0) is 26.9. The smallest absolute Gasteiger partial charge is 0.217 e. The van der Waals surface area contributed by atoms with Crippen LogP contribution in [0.15, 0.2) is 0 Å². The second-order valence-electron chi connectivity index (χ2n) is 9.05. The summed E-state index contributed by atoms with van der Waals surface area (Å²) < 4.78 is 27.7. The third kappa shape index (κ3) is 5.97. The molecule has 3 fully saturated rings. The largest absolute Gasteiger partial charge is 0.394 e. The second kappa shape index (κ2) is 12.2. The average Bonchev–Trinajstić information content (AvgIpc) is 2.84. The number of rotatable bonds is 7. The molecule has 16 heteroatoms. The molecule has 0 aromatic heterocycles. The van der Waals surface area contributed by atoms with Crippen molar-refractivity contribution in [1.29, 1.82) is 0 Å². The van der Waals surface area contributed by atoms with Gasteiger partial charge in [-0.05, 0) is 6.92 Å². The zero-order valence-electron chi connectivity index (χ0n) is 19.5. The number of hydrogen-bond donors (Lipinski definition) is 10. The first kappa shape index (κ1) is 29.5. The molecule has 210 valence electrons. The molecule has 15 unspecified atom stereocenters. The van der Waals surface area contributed by atoms with Crippen LogP contribution < -0.4 is 5.32 Å². The number of hydrogen-bond acceptors (Lipinski definition) is 15. The predicted octanol–water partition coefficient (Wildman–Crippen LogP) is -6.40. The van der Waals surface area contributed by atoms with Gasteiger partial charge in [-0.3, -0.25) is 4.79 Å². The van der Waals surface area contributed by atoms with Crippen LogP contribution in [0.5, 0.6) is 0 Å². The minimum absolute atomic E-state index is 0.646. The zero-order valence-corrected chi connectivity index (χ0v) is 19.5. The van der Waals surface area contributed by atoms with Crippen molar-refractivity contribution in [3.05, 3.63) is 0 Å². The highest BCUT2D eigenvalue weighted by atomic mass is 16.7. The van der Waals surface area contributed by atoms with E-state index in [0.29, 0.717) is 0 Å². The van der Waals surface area contributed by atoms with Gasteiger partial charge in [-0.2, -0.15) is 0 Å². The SMILES string of the molecule is CC(=O)NC1C(O)OC(CO)C(OC2OC(C)C(O)C(O)C2O)C1OC1OC(CO)C(O)C(O)C1O. The number of carbonyl (C=O) groups excluding carboxylic acids is 1. The minimum Gasteiger partial charge on any atom is -0.394 e. The van der Waals surface area contributed by atoms with E-state index < -0.39 is 111 Å². The molecular weight excluding hydrogens is 494 g/mol. The molecule has 0 aromatic rings. The van der Waals surface area contributed by atoms with Gasteiger partial charge in [0.1, 0.15) is 67.1 Å². The van der Waals surface area contributed by atoms with Gasteiger partial charge in [0.15, 0.2) is 18.9 Å². The van der Waals surface area contributed by atoms with E-state index in [2.05, 4.69) is 5.32 Å².